The first kappa shape index (κ1) is 11.9. The number of aromatic nitrogens is 3. The quantitative estimate of drug-likeness (QED) is 0.877. The Hall–Kier alpha value is -1.55. The summed E-state index contributed by atoms with van der Waals surface area (Å²) in [6, 6.07) is 1.97. The van der Waals surface area contributed by atoms with Gasteiger partial charge in [-0.15, -0.1) is 0 Å². The first-order valence-corrected chi connectivity index (χ1v) is 5.88. The van der Waals surface area contributed by atoms with Crippen molar-refractivity contribution < 1.29 is 5.11 Å². The van der Waals surface area contributed by atoms with Crippen molar-refractivity contribution >= 4 is 0 Å². The molecule has 0 saturated carbocycles. The molecule has 0 spiro atoms. The second-order valence-corrected chi connectivity index (χ2v) is 4.76. The number of hydrogen-bond donors (Lipinski definition) is 1. The molecule has 92 valence electrons. The molecule has 1 atom stereocenters. The lowest BCUT2D eigenvalue weighted by Crippen LogP contribution is -2.06. The van der Waals surface area contributed by atoms with Crippen LogP contribution < -0.4 is 0 Å². The molecule has 2 aromatic heterocycles. The monoisotopic (exact) mass is 233 g/mol. The van der Waals surface area contributed by atoms with Crippen LogP contribution in [0.25, 0.3) is 0 Å². The summed E-state index contributed by atoms with van der Waals surface area (Å²) in [6.45, 7) is 4.76. The second kappa shape index (κ2) is 4.75. The predicted octanol–water partition coefficient (Wildman–Crippen LogP) is 1.96. The van der Waals surface area contributed by atoms with Gasteiger partial charge in [-0.25, -0.2) is 4.98 Å². The standard InChI is InChI=1S/C13H19N3O/c1-10(2)13(17)11-4-6-16(8-11)9-12-14-5-7-15(12)3/h4-8,10,13,17H,9H2,1-3H3. The van der Waals surface area contributed by atoms with E-state index in [1.165, 1.54) is 0 Å². The van der Waals surface area contributed by atoms with Gasteiger partial charge >= 0.3 is 0 Å². The largest absolute Gasteiger partial charge is 0.388 e. The van der Waals surface area contributed by atoms with Gasteiger partial charge < -0.3 is 14.2 Å². The average molecular weight is 233 g/mol. The number of aliphatic hydroxyl groups is 1. The molecule has 0 aromatic carbocycles. The fraction of sp³-hybridized carbons (Fsp3) is 0.462. The van der Waals surface area contributed by atoms with Crippen molar-refractivity contribution in [3.05, 3.63) is 42.2 Å². The summed E-state index contributed by atoms with van der Waals surface area (Å²) >= 11 is 0. The van der Waals surface area contributed by atoms with Crippen molar-refractivity contribution in [2.75, 3.05) is 0 Å². The zero-order chi connectivity index (χ0) is 12.4. The normalized spacial score (nSPS) is 13.2. The summed E-state index contributed by atoms with van der Waals surface area (Å²) in [5, 5.41) is 9.96. The summed E-state index contributed by atoms with van der Waals surface area (Å²) in [6.07, 6.45) is 7.30. The van der Waals surface area contributed by atoms with E-state index in [9.17, 15) is 5.11 Å². The van der Waals surface area contributed by atoms with Crippen LogP contribution in [0.2, 0.25) is 0 Å². The number of aliphatic hydroxyl groups excluding tert-OH is 1. The van der Waals surface area contributed by atoms with Crippen LogP contribution in [-0.4, -0.2) is 19.2 Å². The van der Waals surface area contributed by atoms with Crippen LogP contribution in [0.1, 0.15) is 31.3 Å². The molecule has 1 N–H and O–H groups in total. The van der Waals surface area contributed by atoms with Gasteiger partial charge in [0.2, 0.25) is 0 Å². The summed E-state index contributed by atoms with van der Waals surface area (Å²) in [4.78, 5) is 4.28. The molecular weight excluding hydrogens is 214 g/mol. The summed E-state index contributed by atoms with van der Waals surface area (Å²) in [5.74, 6) is 1.24. The van der Waals surface area contributed by atoms with Gasteiger partial charge in [0.05, 0.1) is 12.6 Å². The molecule has 0 saturated heterocycles. The summed E-state index contributed by atoms with van der Waals surface area (Å²) in [7, 11) is 1.98. The molecule has 0 amide bonds. The zero-order valence-corrected chi connectivity index (χ0v) is 10.5. The number of aryl methyl sites for hydroxylation is 1. The maximum absolute atomic E-state index is 9.96. The Balaban J connectivity index is 2.11. The van der Waals surface area contributed by atoms with Crippen LogP contribution in [0, 0.1) is 5.92 Å². The molecule has 1 unspecified atom stereocenters. The van der Waals surface area contributed by atoms with Gasteiger partial charge in [0, 0.05) is 31.8 Å². The Labute approximate surface area is 102 Å². The minimum absolute atomic E-state index is 0.235. The molecule has 2 rings (SSSR count). The molecule has 0 aliphatic carbocycles. The highest BCUT2D eigenvalue weighted by atomic mass is 16.3. The average Bonchev–Trinajstić information content (AvgIpc) is 2.88. The van der Waals surface area contributed by atoms with E-state index in [1.54, 1.807) is 6.20 Å². The Morgan fingerprint density at radius 1 is 1.35 bits per heavy atom. The first-order valence-electron chi connectivity index (χ1n) is 5.88. The topological polar surface area (TPSA) is 43.0 Å². The zero-order valence-electron chi connectivity index (χ0n) is 10.5. The molecule has 4 heteroatoms. The highest BCUT2D eigenvalue weighted by Crippen LogP contribution is 2.21. The number of imidazole rings is 1. The summed E-state index contributed by atoms with van der Waals surface area (Å²) in [5.41, 5.74) is 0.967. The molecular formula is C13H19N3O. The Bertz CT molecular complexity index is 484. The predicted molar refractivity (Wildman–Crippen MR) is 66.5 cm³/mol. The highest BCUT2D eigenvalue weighted by Gasteiger charge is 2.13. The van der Waals surface area contributed by atoms with E-state index in [0.717, 1.165) is 17.9 Å². The number of nitrogens with zero attached hydrogens (tertiary/aromatic N) is 3. The van der Waals surface area contributed by atoms with E-state index in [2.05, 4.69) is 4.98 Å². The van der Waals surface area contributed by atoms with Gasteiger partial charge in [0.1, 0.15) is 5.82 Å². The molecule has 2 aromatic rings. The molecule has 0 aliphatic heterocycles. The minimum Gasteiger partial charge on any atom is -0.388 e. The molecule has 0 aliphatic rings. The Morgan fingerprint density at radius 2 is 2.12 bits per heavy atom. The van der Waals surface area contributed by atoms with Gasteiger partial charge in [0.15, 0.2) is 0 Å². The third-order valence-corrected chi connectivity index (χ3v) is 2.99. The second-order valence-electron chi connectivity index (χ2n) is 4.76. The fourth-order valence-corrected chi connectivity index (χ4v) is 1.83. The smallest absolute Gasteiger partial charge is 0.128 e. The molecule has 0 bridgehead atoms. The van der Waals surface area contributed by atoms with Crippen LogP contribution in [0.5, 0.6) is 0 Å². The van der Waals surface area contributed by atoms with E-state index < -0.39 is 6.10 Å². The van der Waals surface area contributed by atoms with E-state index in [1.807, 2.05) is 54.7 Å². The van der Waals surface area contributed by atoms with Crippen molar-refractivity contribution in [1.82, 2.24) is 14.1 Å². The Morgan fingerprint density at radius 3 is 2.71 bits per heavy atom. The van der Waals surface area contributed by atoms with Crippen LogP contribution in [0.3, 0.4) is 0 Å². The molecule has 0 radical (unpaired) electrons. The lowest BCUT2D eigenvalue weighted by Gasteiger charge is -2.12. The third kappa shape index (κ3) is 2.58. The van der Waals surface area contributed by atoms with Crippen LogP contribution in [-0.2, 0) is 13.6 Å². The maximum atomic E-state index is 9.96. The number of hydrogen-bond acceptors (Lipinski definition) is 2. The van der Waals surface area contributed by atoms with E-state index in [-0.39, 0.29) is 5.92 Å². The van der Waals surface area contributed by atoms with E-state index in [0.29, 0.717) is 0 Å². The number of rotatable bonds is 4. The van der Waals surface area contributed by atoms with E-state index in [4.69, 9.17) is 0 Å². The summed E-state index contributed by atoms with van der Waals surface area (Å²) < 4.78 is 4.04. The van der Waals surface area contributed by atoms with Crippen LogP contribution in [0.4, 0.5) is 0 Å². The van der Waals surface area contributed by atoms with Crippen molar-refractivity contribution in [3.8, 4) is 0 Å². The van der Waals surface area contributed by atoms with Crippen molar-refractivity contribution in [2.45, 2.75) is 26.5 Å². The lowest BCUT2D eigenvalue weighted by atomic mass is 10.0. The molecule has 0 fully saturated rings. The third-order valence-electron chi connectivity index (χ3n) is 2.99. The molecule has 2 heterocycles. The fourth-order valence-electron chi connectivity index (χ4n) is 1.83. The van der Waals surface area contributed by atoms with Crippen molar-refractivity contribution in [3.63, 3.8) is 0 Å². The van der Waals surface area contributed by atoms with Gasteiger partial charge in [-0.2, -0.15) is 0 Å². The minimum atomic E-state index is -0.391. The van der Waals surface area contributed by atoms with Gasteiger partial charge in [-0.05, 0) is 17.5 Å². The van der Waals surface area contributed by atoms with Gasteiger partial charge in [-0.3, -0.25) is 0 Å². The first-order chi connectivity index (χ1) is 8.08. The van der Waals surface area contributed by atoms with Gasteiger partial charge in [0.25, 0.3) is 0 Å². The Kier molecular flexibility index (Phi) is 3.33. The lowest BCUT2D eigenvalue weighted by molar-refractivity contribution is 0.127. The maximum Gasteiger partial charge on any atom is 0.128 e. The van der Waals surface area contributed by atoms with Crippen LogP contribution in [0.15, 0.2) is 30.9 Å². The SMILES string of the molecule is CC(C)C(O)c1ccn(Cc2nccn2C)c1. The van der Waals surface area contributed by atoms with Crippen molar-refractivity contribution in [1.29, 1.82) is 0 Å². The molecule has 17 heavy (non-hydrogen) atoms. The molecule has 4 nitrogen and oxygen atoms in total. The van der Waals surface area contributed by atoms with E-state index >= 15 is 0 Å². The highest BCUT2D eigenvalue weighted by molar-refractivity contribution is 5.15. The van der Waals surface area contributed by atoms with Gasteiger partial charge in [-0.1, -0.05) is 13.8 Å². The van der Waals surface area contributed by atoms with Crippen LogP contribution >= 0.6 is 0 Å². The van der Waals surface area contributed by atoms with Crippen molar-refractivity contribution in [2.24, 2.45) is 13.0 Å².